The van der Waals surface area contributed by atoms with E-state index in [1.54, 1.807) is 0 Å². The van der Waals surface area contributed by atoms with E-state index >= 15 is 0 Å². The Morgan fingerprint density at radius 2 is 2.18 bits per heavy atom. The summed E-state index contributed by atoms with van der Waals surface area (Å²) in [7, 11) is 1.92. The van der Waals surface area contributed by atoms with Crippen LogP contribution >= 0.6 is 0 Å². The maximum Gasteiger partial charge on any atom is 0.134 e. The molecular weight excluding hydrogens is 214 g/mol. The molecule has 0 aliphatic rings. The first kappa shape index (κ1) is 12.0. The molecule has 0 fully saturated rings. The highest BCUT2D eigenvalue weighted by Gasteiger charge is 2.09. The van der Waals surface area contributed by atoms with E-state index in [-0.39, 0.29) is 6.04 Å². The standard InChI is InChI=1S/C14H19NO2/c1-4-7-16-12-5-6-13-11(8-12)9-14(17-13)10(2)15-3/h5-6,8-10,15H,4,7H2,1-3H3. The summed E-state index contributed by atoms with van der Waals surface area (Å²) in [4.78, 5) is 0. The van der Waals surface area contributed by atoms with Gasteiger partial charge in [0.05, 0.1) is 12.6 Å². The Morgan fingerprint density at radius 3 is 2.88 bits per heavy atom. The molecule has 2 rings (SSSR count). The van der Waals surface area contributed by atoms with Gasteiger partial charge < -0.3 is 14.5 Å². The van der Waals surface area contributed by atoms with Gasteiger partial charge in [-0.3, -0.25) is 0 Å². The van der Waals surface area contributed by atoms with Gasteiger partial charge in [-0.25, -0.2) is 0 Å². The van der Waals surface area contributed by atoms with Crippen LogP contribution in [0.5, 0.6) is 5.75 Å². The average Bonchev–Trinajstić information content (AvgIpc) is 2.78. The second kappa shape index (κ2) is 5.23. The second-order valence-electron chi connectivity index (χ2n) is 4.21. The summed E-state index contributed by atoms with van der Waals surface area (Å²) in [6, 6.07) is 8.24. The molecule has 3 nitrogen and oxygen atoms in total. The minimum Gasteiger partial charge on any atom is -0.494 e. The number of fused-ring (bicyclic) bond motifs is 1. The lowest BCUT2D eigenvalue weighted by molar-refractivity contribution is 0.318. The third-order valence-electron chi connectivity index (χ3n) is 2.84. The molecule has 1 aromatic carbocycles. The van der Waals surface area contributed by atoms with Gasteiger partial charge in [0.2, 0.25) is 0 Å². The molecule has 0 saturated heterocycles. The van der Waals surface area contributed by atoms with E-state index in [2.05, 4.69) is 25.2 Å². The normalized spacial score (nSPS) is 12.9. The summed E-state index contributed by atoms with van der Waals surface area (Å²) in [5.41, 5.74) is 0.908. The third kappa shape index (κ3) is 2.61. The smallest absolute Gasteiger partial charge is 0.134 e. The summed E-state index contributed by atoms with van der Waals surface area (Å²) in [5, 5.41) is 4.26. The van der Waals surface area contributed by atoms with E-state index in [9.17, 15) is 0 Å². The van der Waals surface area contributed by atoms with Crippen LogP contribution in [0.15, 0.2) is 28.7 Å². The molecule has 0 saturated carbocycles. The summed E-state index contributed by atoms with van der Waals surface area (Å²) in [6.45, 7) is 4.93. The maximum atomic E-state index is 5.76. The van der Waals surface area contributed by atoms with Gasteiger partial charge in [-0.05, 0) is 44.7 Å². The number of hydrogen-bond acceptors (Lipinski definition) is 3. The molecule has 0 amide bonds. The summed E-state index contributed by atoms with van der Waals surface area (Å²) >= 11 is 0. The van der Waals surface area contributed by atoms with E-state index in [1.165, 1.54) is 0 Å². The van der Waals surface area contributed by atoms with Gasteiger partial charge in [0.1, 0.15) is 17.1 Å². The molecule has 0 radical (unpaired) electrons. The lowest BCUT2D eigenvalue weighted by Gasteiger charge is -2.04. The zero-order chi connectivity index (χ0) is 12.3. The number of ether oxygens (including phenoxy) is 1. The maximum absolute atomic E-state index is 5.76. The topological polar surface area (TPSA) is 34.4 Å². The van der Waals surface area contributed by atoms with Gasteiger partial charge in [-0.2, -0.15) is 0 Å². The zero-order valence-corrected chi connectivity index (χ0v) is 10.6. The predicted molar refractivity (Wildman–Crippen MR) is 69.5 cm³/mol. The molecule has 1 atom stereocenters. The number of rotatable bonds is 5. The van der Waals surface area contributed by atoms with Gasteiger partial charge in [-0.15, -0.1) is 0 Å². The van der Waals surface area contributed by atoms with Crippen molar-refractivity contribution in [2.75, 3.05) is 13.7 Å². The quantitative estimate of drug-likeness (QED) is 0.858. The van der Waals surface area contributed by atoms with Gasteiger partial charge in [0.15, 0.2) is 0 Å². The SMILES string of the molecule is CCCOc1ccc2oc(C(C)NC)cc2c1. The van der Waals surface area contributed by atoms with Crippen LogP contribution in [0.4, 0.5) is 0 Å². The minimum atomic E-state index is 0.224. The number of nitrogens with one attached hydrogen (secondary N) is 1. The van der Waals surface area contributed by atoms with Crippen LogP contribution < -0.4 is 10.1 Å². The van der Waals surface area contributed by atoms with E-state index in [0.29, 0.717) is 0 Å². The molecule has 0 aliphatic heterocycles. The molecule has 92 valence electrons. The second-order valence-corrected chi connectivity index (χ2v) is 4.21. The highest BCUT2D eigenvalue weighted by molar-refractivity contribution is 5.79. The molecule has 17 heavy (non-hydrogen) atoms. The zero-order valence-electron chi connectivity index (χ0n) is 10.6. The Labute approximate surface area is 102 Å². The Morgan fingerprint density at radius 1 is 1.35 bits per heavy atom. The molecular formula is C14H19NO2. The van der Waals surface area contributed by atoms with Gasteiger partial charge in [0.25, 0.3) is 0 Å². The highest BCUT2D eigenvalue weighted by Crippen LogP contribution is 2.27. The average molecular weight is 233 g/mol. The Bertz CT molecular complexity index is 490. The fourth-order valence-corrected chi connectivity index (χ4v) is 1.71. The number of benzene rings is 1. The predicted octanol–water partition coefficient (Wildman–Crippen LogP) is 3.50. The van der Waals surface area contributed by atoms with E-state index in [1.807, 2.05) is 25.2 Å². The van der Waals surface area contributed by atoms with Crippen molar-refractivity contribution < 1.29 is 9.15 Å². The molecule has 3 heteroatoms. The van der Waals surface area contributed by atoms with E-state index < -0.39 is 0 Å². The first-order chi connectivity index (χ1) is 8.24. The van der Waals surface area contributed by atoms with Gasteiger partial charge >= 0.3 is 0 Å². The molecule has 0 bridgehead atoms. The van der Waals surface area contributed by atoms with Crippen LogP contribution in [0.3, 0.4) is 0 Å². The van der Waals surface area contributed by atoms with Gasteiger partial charge in [0, 0.05) is 5.39 Å². The number of hydrogen-bond donors (Lipinski definition) is 1. The summed E-state index contributed by atoms with van der Waals surface area (Å²) in [5.74, 6) is 1.86. The van der Waals surface area contributed by atoms with Crippen LogP contribution in [0.1, 0.15) is 32.1 Å². The fourth-order valence-electron chi connectivity index (χ4n) is 1.71. The molecule has 1 unspecified atom stereocenters. The lowest BCUT2D eigenvalue weighted by Crippen LogP contribution is -2.10. The molecule has 1 heterocycles. The van der Waals surface area contributed by atoms with Crippen molar-refractivity contribution in [3.8, 4) is 5.75 Å². The van der Waals surface area contributed by atoms with Crippen molar-refractivity contribution in [1.82, 2.24) is 5.32 Å². The highest BCUT2D eigenvalue weighted by atomic mass is 16.5. The largest absolute Gasteiger partial charge is 0.494 e. The summed E-state index contributed by atoms with van der Waals surface area (Å²) < 4.78 is 11.4. The lowest BCUT2D eigenvalue weighted by atomic mass is 10.2. The molecule has 1 N–H and O–H groups in total. The van der Waals surface area contributed by atoms with Crippen LogP contribution in [-0.2, 0) is 0 Å². The van der Waals surface area contributed by atoms with Crippen molar-refractivity contribution in [3.05, 3.63) is 30.0 Å². The third-order valence-corrected chi connectivity index (χ3v) is 2.84. The molecule has 2 aromatic rings. The molecule has 0 spiro atoms. The van der Waals surface area contributed by atoms with Crippen molar-refractivity contribution in [3.63, 3.8) is 0 Å². The van der Waals surface area contributed by atoms with Crippen molar-refractivity contribution >= 4 is 11.0 Å². The van der Waals surface area contributed by atoms with Crippen LogP contribution in [0, 0.1) is 0 Å². The van der Waals surface area contributed by atoms with E-state index in [0.717, 1.165) is 35.5 Å². The van der Waals surface area contributed by atoms with Crippen molar-refractivity contribution in [2.45, 2.75) is 26.3 Å². The monoisotopic (exact) mass is 233 g/mol. The fraction of sp³-hybridized carbons (Fsp3) is 0.429. The van der Waals surface area contributed by atoms with E-state index in [4.69, 9.17) is 9.15 Å². The Balaban J connectivity index is 2.27. The molecule has 0 aliphatic carbocycles. The van der Waals surface area contributed by atoms with Crippen molar-refractivity contribution in [1.29, 1.82) is 0 Å². The number of furan rings is 1. The Hall–Kier alpha value is -1.48. The first-order valence-corrected chi connectivity index (χ1v) is 6.08. The Kier molecular flexibility index (Phi) is 3.69. The minimum absolute atomic E-state index is 0.224. The van der Waals surface area contributed by atoms with Crippen molar-refractivity contribution in [2.24, 2.45) is 0 Å². The van der Waals surface area contributed by atoms with Gasteiger partial charge in [-0.1, -0.05) is 6.92 Å². The van der Waals surface area contributed by atoms with Crippen LogP contribution in [0.2, 0.25) is 0 Å². The van der Waals surface area contributed by atoms with Crippen LogP contribution in [-0.4, -0.2) is 13.7 Å². The van der Waals surface area contributed by atoms with Crippen LogP contribution in [0.25, 0.3) is 11.0 Å². The summed E-state index contributed by atoms with van der Waals surface area (Å²) in [6.07, 6.45) is 1.02. The molecule has 1 aromatic heterocycles. The first-order valence-electron chi connectivity index (χ1n) is 6.08.